The van der Waals surface area contributed by atoms with E-state index in [1.165, 1.54) is 0 Å². The van der Waals surface area contributed by atoms with E-state index in [-0.39, 0.29) is 11.4 Å². The number of carbonyl (C=O) groups excluding carboxylic acids is 1. The summed E-state index contributed by atoms with van der Waals surface area (Å²) in [5, 5.41) is 6.97. The molecule has 1 spiro atoms. The standard InChI is InChI=1S/C15H21N3O5S/c19-14(13-9-12(16-17-13)11-1-4-21-5-2-11)18-24(20)8-3-15(10-24)22-6-7-23-15/h9,11H,1-8,10H2,(H,16,17). The molecule has 1 aromatic heterocycles. The van der Waals surface area contributed by atoms with Crippen molar-refractivity contribution in [3.05, 3.63) is 17.5 Å². The number of amides is 1. The fourth-order valence-electron chi connectivity index (χ4n) is 3.47. The van der Waals surface area contributed by atoms with Crippen LogP contribution < -0.4 is 0 Å². The van der Waals surface area contributed by atoms with Gasteiger partial charge in [0.05, 0.1) is 28.7 Å². The average Bonchev–Trinajstić information content (AvgIpc) is 3.30. The van der Waals surface area contributed by atoms with E-state index in [0.29, 0.717) is 44.5 Å². The van der Waals surface area contributed by atoms with Crippen molar-refractivity contribution < 1.29 is 23.2 Å². The quantitative estimate of drug-likeness (QED) is 0.851. The molecule has 0 bridgehead atoms. The molecule has 1 unspecified atom stereocenters. The molecule has 3 aliphatic heterocycles. The Kier molecular flexibility index (Phi) is 4.19. The molecule has 132 valence electrons. The van der Waals surface area contributed by atoms with Gasteiger partial charge < -0.3 is 14.2 Å². The Morgan fingerprint density at radius 2 is 2.04 bits per heavy atom. The van der Waals surface area contributed by atoms with E-state index in [2.05, 4.69) is 14.6 Å². The zero-order valence-electron chi connectivity index (χ0n) is 13.4. The molecule has 8 nitrogen and oxygen atoms in total. The van der Waals surface area contributed by atoms with E-state index in [1.807, 2.05) is 0 Å². The Hall–Kier alpha value is -1.29. The van der Waals surface area contributed by atoms with Crippen LogP contribution in [-0.4, -0.2) is 64.0 Å². The predicted molar refractivity (Wildman–Crippen MR) is 85.3 cm³/mol. The number of hydrogen-bond acceptors (Lipinski definition) is 6. The van der Waals surface area contributed by atoms with Gasteiger partial charge in [-0.2, -0.15) is 9.46 Å². The van der Waals surface area contributed by atoms with E-state index >= 15 is 0 Å². The summed E-state index contributed by atoms with van der Waals surface area (Å²) in [4.78, 5) is 12.4. The van der Waals surface area contributed by atoms with Gasteiger partial charge in [-0.3, -0.25) is 9.89 Å². The molecule has 24 heavy (non-hydrogen) atoms. The zero-order valence-corrected chi connectivity index (χ0v) is 14.2. The van der Waals surface area contributed by atoms with Crippen LogP contribution in [0.15, 0.2) is 10.4 Å². The SMILES string of the molecule is O=C(N=S1(=O)CCC2(C1)OCCO2)c1cc(C2CCOCC2)[nH]n1. The maximum absolute atomic E-state index is 12.8. The highest BCUT2D eigenvalue weighted by molar-refractivity contribution is 7.94. The Balaban J connectivity index is 1.50. The molecule has 3 aliphatic rings. The minimum absolute atomic E-state index is 0.156. The van der Waals surface area contributed by atoms with Crippen LogP contribution in [0.1, 0.15) is 41.4 Å². The number of rotatable bonds is 2. The van der Waals surface area contributed by atoms with Crippen molar-refractivity contribution in [2.75, 3.05) is 37.9 Å². The summed E-state index contributed by atoms with van der Waals surface area (Å²) in [5.41, 5.74) is 1.13. The molecule has 1 atom stereocenters. The zero-order chi connectivity index (χ0) is 16.6. The first-order valence-corrected chi connectivity index (χ1v) is 10.1. The fourth-order valence-corrected chi connectivity index (χ4v) is 5.79. The number of H-pyrrole nitrogens is 1. The van der Waals surface area contributed by atoms with E-state index in [1.54, 1.807) is 6.07 Å². The maximum atomic E-state index is 12.8. The molecule has 1 amide bonds. The van der Waals surface area contributed by atoms with Crippen LogP contribution in [0, 0.1) is 0 Å². The summed E-state index contributed by atoms with van der Waals surface area (Å²) >= 11 is 0. The maximum Gasteiger partial charge on any atom is 0.305 e. The van der Waals surface area contributed by atoms with E-state index in [9.17, 15) is 9.00 Å². The average molecular weight is 355 g/mol. The van der Waals surface area contributed by atoms with Crippen molar-refractivity contribution in [2.24, 2.45) is 4.36 Å². The summed E-state index contributed by atoms with van der Waals surface area (Å²) in [6, 6.07) is 1.72. The first-order valence-electron chi connectivity index (χ1n) is 8.25. The highest BCUT2D eigenvalue weighted by Crippen LogP contribution is 2.33. The molecular formula is C15H21N3O5S. The van der Waals surface area contributed by atoms with Crippen LogP contribution in [0.25, 0.3) is 0 Å². The van der Waals surface area contributed by atoms with Gasteiger partial charge >= 0.3 is 5.91 Å². The van der Waals surface area contributed by atoms with Crippen molar-refractivity contribution in [2.45, 2.75) is 31.0 Å². The minimum Gasteiger partial charge on any atom is -0.381 e. The van der Waals surface area contributed by atoms with Gasteiger partial charge in [0.15, 0.2) is 11.5 Å². The highest BCUT2D eigenvalue weighted by Gasteiger charge is 2.46. The van der Waals surface area contributed by atoms with E-state index in [0.717, 1.165) is 18.5 Å². The van der Waals surface area contributed by atoms with E-state index < -0.39 is 21.4 Å². The summed E-state index contributed by atoms with van der Waals surface area (Å²) in [7, 11) is -2.66. The third-order valence-corrected chi connectivity index (χ3v) is 7.02. The topological polar surface area (TPSA) is 103 Å². The highest BCUT2D eigenvalue weighted by atomic mass is 32.2. The van der Waals surface area contributed by atoms with Gasteiger partial charge in [0.25, 0.3) is 0 Å². The normalized spacial score (nSPS) is 30.0. The van der Waals surface area contributed by atoms with Gasteiger partial charge in [0.2, 0.25) is 0 Å². The molecule has 4 heterocycles. The molecule has 0 aromatic carbocycles. The largest absolute Gasteiger partial charge is 0.381 e. The lowest BCUT2D eigenvalue weighted by atomic mass is 9.96. The van der Waals surface area contributed by atoms with Gasteiger partial charge in [0.1, 0.15) is 0 Å². The van der Waals surface area contributed by atoms with Gasteiger partial charge in [-0.1, -0.05) is 0 Å². The molecule has 9 heteroatoms. The lowest BCUT2D eigenvalue weighted by Gasteiger charge is -2.20. The number of aromatic amines is 1. The molecule has 1 aromatic rings. The van der Waals surface area contributed by atoms with Crippen molar-refractivity contribution >= 4 is 15.6 Å². The number of nitrogens with one attached hydrogen (secondary N) is 1. The van der Waals surface area contributed by atoms with Gasteiger partial charge in [0, 0.05) is 37.0 Å². The molecule has 3 saturated heterocycles. The second kappa shape index (κ2) is 6.21. The lowest BCUT2D eigenvalue weighted by Crippen LogP contribution is -2.31. The molecule has 4 rings (SSSR count). The summed E-state index contributed by atoms with van der Waals surface area (Å²) in [6.45, 7) is 2.43. The van der Waals surface area contributed by atoms with Crippen LogP contribution in [0.2, 0.25) is 0 Å². The van der Waals surface area contributed by atoms with Gasteiger partial charge in [-0.05, 0) is 18.9 Å². The Labute approximate surface area is 140 Å². The Morgan fingerprint density at radius 3 is 2.79 bits per heavy atom. The molecular weight excluding hydrogens is 334 g/mol. The van der Waals surface area contributed by atoms with Crippen LogP contribution >= 0.6 is 0 Å². The van der Waals surface area contributed by atoms with Crippen molar-refractivity contribution in [1.82, 2.24) is 10.2 Å². The third kappa shape index (κ3) is 3.13. The summed E-state index contributed by atoms with van der Waals surface area (Å²) < 4.78 is 33.3. The van der Waals surface area contributed by atoms with Crippen molar-refractivity contribution in [3.8, 4) is 0 Å². The predicted octanol–water partition coefficient (Wildman–Crippen LogP) is 1.06. The van der Waals surface area contributed by atoms with Crippen molar-refractivity contribution in [1.29, 1.82) is 0 Å². The van der Waals surface area contributed by atoms with Crippen LogP contribution in [0.4, 0.5) is 0 Å². The second-order valence-electron chi connectivity index (χ2n) is 6.47. The molecule has 0 aliphatic carbocycles. The monoisotopic (exact) mass is 355 g/mol. The number of ether oxygens (including phenoxy) is 3. The van der Waals surface area contributed by atoms with E-state index in [4.69, 9.17) is 14.2 Å². The molecule has 1 N–H and O–H groups in total. The molecule has 3 fully saturated rings. The van der Waals surface area contributed by atoms with Crippen LogP contribution in [-0.2, 0) is 23.9 Å². The Bertz CT molecular complexity index is 740. The number of aromatic nitrogens is 2. The first-order chi connectivity index (χ1) is 11.6. The van der Waals surface area contributed by atoms with Crippen LogP contribution in [0.5, 0.6) is 0 Å². The number of hydrogen-bond donors (Lipinski definition) is 1. The lowest BCUT2D eigenvalue weighted by molar-refractivity contribution is -0.134. The summed E-state index contributed by atoms with van der Waals surface area (Å²) in [5.74, 6) is -0.556. The number of carbonyl (C=O) groups is 1. The molecule has 0 saturated carbocycles. The fraction of sp³-hybridized carbons (Fsp3) is 0.733. The van der Waals surface area contributed by atoms with Crippen LogP contribution in [0.3, 0.4) is 0 Å². The third-order valence-electron chi connectivity index (χ3n) is 4.79. The first kappa shape index (κ1) is 16.2. The summed E-state index contributed by atoms with van der Waals surface area (Å²) in [6.07, 6.45) is 2.32. The Morgan fingerprint density at radius 1 is 1.29 bits per heavy atom. The second-order valence-corrected chi connectivity index (χ2v) is 8.89. The smallest absolute Gasteiger partial charge is 0.305 e. The van der Waals surface area contributed by atoms with Crippen molar-refractivity contribution in [3.63, 3.8) is 0 Å². The molecule has 0 radical (unpaired) electrons. The minimum atomic E-state index is -2.66. The number of nitrogens with zero attached hydrogens (tertiary/aromatic N) is 2. The van der Waals surface area contributed by atoms with Gasteiger partial charge in [-0.15, -0.1) is 0 Å². The van der Waals surface area contributed by atoms with Gasteiger partial charge in [-0.25, -0.2) is 4.21 Å².